The second-order valence-corrected chi connectivity index (χ2v) is 5.93. The molecule has 5 nitrogen and oxygen atoms in total. The molecule has 1 heterocycles. The van der Waals surface area contributed by atoms with E-state index in [4.69, 9.17) is 5.11 Å². The molecule has 116 valence electrons. The number of aromatic nitrogens is 1. The summed E-state index contributed by atoms with van der Waals surface area (Å²) in [7, 11) is 0. The SMILES string of the molecule is O=C(O)CC1(NC(=O)c2cc3cc(F)ccc3[nH]2)CCCC1. The quantitative estimate of drug-likeness (QED) is 0.812. The van der Waals surface area contributed by atoms with Crippen molar-refractivity contribution in [3.05, 3.63) is 35.8 Å². The van der Waals surface area contributed by atoms with Gasteiger partial charge in [0.2, 0.25) is 0 Å². The Morgan fingerprint density at radius 3 is 2.68 bits per heavy atom. The highest BCUT2D eigenvalue weighted by atomic mass is 19.1. The first-order valence-electron chi connectivity index (χ1n) is 7.30. The molecule has 0 bridgehead atoms. The molecular formula is C16H17FN2O3. The van der Waals surface area contributed by atoms with Crippen LogP contribution >= 0.6 is 0 Å². The maximum absolute atomic E-state index is 13.2. The van der Waals surface area contributed by atoms with E-state index < -0.39 is 11.5 Å². The number of halogens is 1. The van der Waals surface area contributed by atoms with Crippen molar-refractivity contribution in [2.24, 2.45) is 0 Å². The lowest BCUT2D eigenvalue weighted by Crippen LogP contribution is -2.47. The maximum Gasteiger partial charge on any atom is 0.305 e. The summed E-state index contributed by atoms with van der Waals surface area (Å²) in [5.41, 5.74) is 0.313. The van der Waals surface area contributed by atoms with E-state index in [0.717, 1.165) is 12.8 Å². The number of carboxylic acids is 1. The van der Waals surface area contributed by atoms with E-state index in [0.29, 0.717) is 29.4 Å². The number of carboxylic acid groups (broad SMARTS) is 1. The van der Waals surface area contributed by atoms with Gasteiger partial charge in [0.05, 0.1) is 12.0 Å². The smallest absolute Gasteiger partial charge is 0.305 e. The normalized spacial score (nSPS) is 16.8. The third-order valence-corrected chi connectivity index (χ3v) is 4.26. The van der Waals surface area contributed by atoms with Crippen molar-refractivity contribution in [3.8, 4) is 0 Å². The van der Waals surface area contributed by atoms with Crippen LogP contribution in [0.5, 0.6) is 0 Å². The van der Waals surface area contributed by atoms with Gasteiger partial charge in [-0.2, -0.15) is 0 Å². The molecule has 0 unspecified atom stereocenters. The number of hydrogen-bond acceptors (Lipinski definition) is 2. The first-order valence-corrected chi connectivity index (χ1v) is 7.30. The van der Waals surface area contributed by atoms with E-state index in [1.54, 1.807) is 12.1 Å². The van der Waals surface area contributed by atoms with Gasteiger partial charge in [-0.05, 0) is 37.1 Å². The van der Waals surface area contributed by atoms with Crippen LogP contribution in [0.15, 0.2) is 24.3 Å². The molecule has 1 aliphatic rings. The van der Waals surface area contributed by atoms with Gasteiger partial charge in [-0.25, -0.2) is 4.39 Å². The number of aromatic amines is 1. The molecule has 1 amide bonds. The van der Waals surface area contributed by atoms with Crippen LogP contribution in [-0.4, -0.2) is 27.5 Å². The molecule has 0 spiro atoms. The molecule has 1 aromatic carbocycles. The number of benzene rings is 1. The molecule has 1 aliphatic carbocycles. The second-order valence-electron chi connectivity index (χ2n) is 5.93. The van der Waals surface area contributed by atoms with Crippen molar-refractivity contribution < 1.29 is 19.1 Å². The number of carbonyl (C=O) groups is 2. The summed E-state index contributed by atoms with van der Waals surface area (Å²) < 4.78 is 13.2. The van der Waals surface area contributed by atoms with Crippen LogP contribution in [0.4, 0.5) is 4.39 Å². The Labute approximate surface area is 126 Å². The lowest BCUT2D eigenvalue weighted by Gasteiger charge is -2.28. The average Bonchev–Trinajstić information content (AvgIpc) is 3.04. The highest BCUT2D eigenvalue weighted by Crippen LogP contribution is 2.33. The van der Waals surface area contributed by atoms with Crippen LogP contribution in [0.3, 0.4) is 0 Å². The zero-order chi connectivity index (χ0) is 15.7. The van der Waals surface area contributed by atoms with Gasteiger partial charge in [-0.1, -0.05) is 12.8 Å². The van der Waals surface area contributed by atoms with Gasteiger partial charge in [0, 0.05) is 10.9 Å². The lowest BCUT2D eigenvalue weighted by atomic mass is 9.93. The molecule has 0 radical (unpaired) electrons. The van der Waals surface area contributed by atoms with Crippen LogP contribution in [0.2, 0.25) is 0 Å². The number of nitrogens with one attached hydrogen (secondary N) is 2. The summed E-state index contributed by atoms with van der Waals surface area (Å²) in [6.45, 7) is 0. The molecule has 1 fully saturated rings. The molecule has 3 N–H and O–H groups in total. The molecule has 22 heavy (non-hydrogen) atoms. The fourth-order valence-corrected chi connectivity index (χ4v) is 3.22. The van der Waals surface area contributed by atoms with Gasteiger partial charge in [0.25, 0.3) is 5.91 Å². The summed E-state index contributed by atoms with van der Waals surface area (Å²) in [5.74, 6) is -1.63. The van der Waals surface area contributed by atoms with Crippen molar-refractivity contribution in [1.29, 1.82) is 0 Å². The average molecular weight is 304 g/mol. The molecule has 2 aromatic rings. The number of hydrogen-bond donors (Lipinski definition) is 3. The molecule has 6 heteroatoms. The molecule has 0 atom stereocenters. The molecule has 1 aromatic heterocycles. The van der Waals surface area contributed by atoms with E-state index in [2.05, 4.69) is 10.3 Å². The van der Waals surface area contributed by atoms with Crippen molar-refractivity contribution in [2.45, 2.75) is 37.6 Å². The Bertz CT molecular complexity index is 732. The fraction of sp³-hybridized carbons (Fsp3) is 0.375. The monoisotopic (exact) mass is 304 g/mol. The zero-order valence-electron chi connectivity index (χ0n) is 12.0. The van der Waals surface area contributed by atoms with Gasteiger partial charge in [-0.3, -0.25) is 9.59 Å². The van der Waals surface area contributed by atoms with Crippen molar-refractivity contribution in [3.63, 3.8) is 0 Å². The zero-order valence-corrected chi connectivity index (χ0v) is 12.0. The summed E-state index contributed by atoms with van der Waals surface area (Å²) in [5, 5.41) is 12.6. The highest BCUT2D eigenvalue weighted by Gasteiger charge is 2.37. The Hall–Kier alpha value is -2.37. The first kappa shape index (κ1) is 14.6. The van der Waals surface area contributed by atoms with Gasteiger partial charge < -0.3 is 15.4 Å². The van der Waals surface area contributed by atoms with Crippen LogP contribution in [0, 0.1) is 5.82 Å². The Kier molecular flexibility index (Phi) is 3.60. The number of H-pyrrole nitrogens is 1. The third kappa shape index (κ3) is 2.81. The Morgan fingerprint density at radius 1 is 1.27 bits per heavy atom. The minimum absolute atomic E-state index is 0.0758. The number of aliphatic carboxylic acids is 1. The molecule has 0 saturated heterocycles. The first-order chi connectivity index (χ1) is 10.5. The number of fused-ring (bicyclic) bond motifs is 1. The van der Waals surface area contributed by atoms with E-state index in [1.165, 1.54) is 12.1 Å². The van der Waals surface area contributed by atoms with Crippen LogP contribution in [-0.2, 0) is 4.79 Å². The highest BCUT2D eigenvalue weighted by molar-refractivity contribution is 5.98. The fourth-order valence-electron chi connectivity index (χ4n) is 3.22. The summed E-state index contributed by atoms with van der Waals surface area (Å²) in [4.78, 5) is 26.4. The number of rotatable bonds is 4. The topological polar surface area (TPSA) is 82.2 Å². The largest absolute Gasteiger partial charge is 0.481 e. The predicted molar refractivity (Wildman–Crippen MR) is 79.2 cm³/mol. The Morgan fingerprint density at radius 2 is 2.00 bits per heavy atom. The Balaban J connectivity index is 1.83. The predicted octanol–water partition coefficient (Wildman–Crippen LogP) is 2.82. The molecular weight excluding hydrogens is 287 g/mol. The van der Waals surface area contributed by atoms with Crippen LogP contribution < -0.4 is 5.32 Å². The second kappa shape index (κ2) is 5.44. The van der Waals surface area contributed by atoms with Crippen molar-refractivity contribution in [1.82, 2.24) is 10.3 Å². The minimum Gasteiger partial charge on any atom is -0.481 e. The van der Waals surface area contributed by atoms with Crippen molar-refractivity contribution >= 4 is 22.8 Å². The summed E-state index contributed by atoms with van der Waals surface area (Å²) in [6.07, 6.45) is 3.07. The third-order valence-electron chi connectivity index (χ3n) is 4.26. The van der Waals surface area contributed by atoms with Gasteiger partial charge >= 0.3 is 5.97 Å². The van der Waals surface area contributed by atoms with E-state index >= 15 is 0 Å². The van der Waals surface area contributed by atoms with Crippen molar-refractivity contribution in [2.75, 3.05) is 0 Å². The van der Waals surface area contributed by atoms with Gasteiger partial charge in [0.15, 0.2) is 0 Å². The van der Waals surface area contributed by atoms with Crippen LogP contribution in [0.1, 0.15) is 42.6 Å². The van der Waals surface area contributed by atoms with E-state index in [-0.39, 0.29) is 18.1 Å². The summed E-state index contributed by atoms with van der Waals surface area (Å²) in [6, 6.07) is 5.83. The van der Waals surface area contributed by atoms with E-state index in [1.807, 2.05) is 0 Å². The lowest BCUT2D eigenvalue weighted by molar-refractivity contribution is -0.138. The molecule has 0 aliphatic heterocycles. The van der Waals surface area contributed by atoms with E-state index in [9.17, 15) is 14.0 Å². The van der Waals surface area contributed by atoms with Gasteiger partial charge in [0.1, 0.15) is 11.5 Å². The molecule has 1 saturated carbocycles. The number of amides is 1. The minimum atomic E-state index is -0.916. The molecule has 3 rings (SSSR count). The van der Waals surface area contributed by atoms with Crippen LogP contribution in [0.25, 0.3) is 10.9 Å². The summed E-state index contributed by atoms with van der Waals surface area (Å²) >= 11 is 0. The standard InChI is InChI=1S/C16H17FN2O3/c17-11-3-4-12-10(7-11)8-13(18-12)15(22)19-16(9-14(20)21)5-1-2-6-16/h3-4,7-8,18H,1-2,5-6,9H2,(H,19,22)(H,20,21). The number of carbonyl (C=O) groups excluding carboxylic acids is 1. The maximum atomic E-state index is 13.2. The van der Waals surface area contributed by atoms with Gasteiger partial charge in [-0.15, -0.1) is 0 Å².